The summed E-state index contributed by atoms with van der Waals surface area (Å²) in [7, 11) is -5.06. The fourth-order valence-electron chi connectivity index (χ4n) is 3.01. The normalized spacial score (nSPS) is 35.9. The largest absolute Gasteiger partial charge is 1.00 e. The molecule has 0 aliphatic carbocycles. The molecule has 4 unspecified atom stereocenters. The number of carbonyl (C=O) groups is 2. The van der Waals surface area contributed by atoms with Crippen LogP contribution in [0.1, 0.15) is 13.3 Å². The van der Waals surface area contributed by atoms with E-state index in [0.29, 0.717) is 0 Å². The predicted octanol–water partition coefficient (Wildman–Crippen LogP) is -11.3. The molecule has 0 radical (unpaired) electrons. The Hall–Kier alpha value is 0.570. The quantitative estimate of drug-likeness (QED) is 0.148. The summed E-state index contributed by atoms with van der Waals surface area (Å²) in [6, 6.07) is -1.26. The first kappa shape index (κ1) is 31.6. The van der Waals surface area contributed by atoms with Gasteiger partial charge in [-0.05, 0) is 0 Å². The van der Waals surface area contributed by atoms with E-state index in [4.69, 9.17) is 14.2 Å². The number of nitrogens with one attached hydrogen (secondary N) is 1. The Kier molecular flexibility index (Phi) is 13.7. The molecule has 2 aliphatic rings. The molecule has 0 spiro atoms. The second-order valence-corrected chi connectivity index (χ2v) is 7.63. The van der Waals surface area contributed by atoms with Crippen LogP contribution in [0.5, 0.6) is 0 Å². The van der Waals surface area contributed by atoms with Crippen LogP contribution in [0.4, 0.5) is 0 Å². The first-order valence-corrected chi connectivity index (χ1v) is 9.77. The minimum absolute atomic E-state index is 0. The second kappa shape index (κ2) is 13.5. The fraction of sp³-hybridized carbons (Fsp3) is 0.857. The number of hydrogen-bond donors (Lipinski definition) is 4. The molecule has 2 fully saturated rings. The second-order valence-electron chi connectivity index (χ2n) is 6.58. The minimum Gasteiger partial charge on any atom is -0.726 e. The van der Waals surface area contributed by atoms with E-state index in [2.05, 4.69) is 9.50 Å². The van der Waals surface area contributed by atoms with E-state index in [0.717, 1.165) is 6.92 Å². The third kappa shape index (κ3) is 9.38. The summed E-state index contributed by atoms with van der Waals surface area (Å²) in [5, 5.41) is 43.7. The summed E-state index contributed by atoms with van der Waals surface area (Å²) in [6.07, 6.45) is -11.3. The van der Waals surface area contributed by atoms with Gasteiger partial charge in [-0.3, -0.25) is 8.98 Å². The van der Waals surface area contributed by atoms with Crippen LogP contribution in [-0.2, 0) is 38.4 Å². The Balaban J connectivity index is 0.00000450. The maximum atomic E-state index is 11.4. The van der Waals surface area contributed by atoms with E-state index >= 15 is 0 Å². The number of rotatable bonds is 7. The topological polar surface area (TPSA) is 224 Å². The number of aliphatic carboxylic acids is 1. The summed E-state index contributed by atoms with van der Waals surface area (Å²) in [5.74, 6) is -2.37. The first-order chi connectivity index (χ1) is 13.4. The molecule has 2 heterocycles. The van der Waals surface area contributed by atoms with Crippen molar-refractivity contribution in [2.75, 3.05) is 13.2 Å². The van der Waals surface area contributed by atoms with Crippen molar-refractivity contribution in [1.82, 2.24) is 5.32 Å². The van der Waals surface area contributed by atoms with Crippen LogP contribution >= 0.6 is 0 Å². The number of carbonyl (C=O) groups excluding carboxylic acids is 2. The minimum atomic E-state index is -5.06. The van der Waals surface area contributed by atoms with Crippen molar-refractivity contribution in [1.29, 1.82) is 0 Å². The third-order valence-corrected chi connectivity index (χ3v) is 4.73. The fourth-order valence-corrected chi connectivity index (χ4v) is 3.33. The van der Waals surface area contributed by atoms with E-state index in [1.54, 1.807) is 0 Å². The molecule has 0 aromatic heterocycles. The van der Waals surface area contributed by atoms with Crippen molar-refractivity contribution in [3.05, 3.63) is 0 Å². The number of aliphatic hydroxyl groups is 3. The Labute approximate surface area is 222 Å². The number of ether oxygens (including phenoxy) is 3. The van der Waals surface area contributed by atoms with Gasteiger partial charge >= 0.3 is 59.1 Å². The molecule has 0 saturated carbocycles. The van der Waals surface area contributed by atoms with Crippen molar-refractivity contribution < 1.29 is 120 Å². The van der Waals surface area contributed by atoms with Crippen molar-refractivity contribution in [2.24, 2.45) is 0 Å². The Morgan fingerprint density at radius 2 is 1.81 bits per heavy atom. The Morgan fingerprint density at radius 3 is 2.32 bits per heavy atom. The number of carboxylic acids is 1. The number of carboxylic acid groups (broad SMARTS) is 1. The van der Waals surface area contributed by atoms with Gasteiger partial charge in [0.1, 0.15) is 30.5 Å². The molecular weight excluding hydrogens is 468 g/mol. The summed E-state index contributed by atoms with van der Waals surface area (Å²) in [5.41, 5.74) is 0. The molecule has 1 amide bonds. The monoisotopic (exact) mass is 489 g/mol. The molecular formula is C14H21NNa2O13S. The average molecular weight is 489 g/mol. The zero-order valence-corrected chi connectivity index (χ0v) is 21.9. The van der Waals surface area contributed by atoms with Gasteiger partial charge in [0.15, 0.2) is 6.29 Å². The van der Waals surface area contributed by atoms with Gasteiger partial charge in [0.25, 0.3) is 0 Å². The van der Waals surface area contributed by atoms with E-state index in [1.807, 2.05) is 0 Å². The molecule has 2 aliphatic heterocycles. The summed E-state index contributed by atoms with van der Waals surface area (Å²) in [4.78, 5) is 22.7. The van der Waals surface area contributed by atoms with Crippen LogP contribution in [0, 0.1) is 0 Å². The molecule has 2 saturated heterocycles. The Bertz CT molecular complexity index is 710. The van der Waals surface area contributed by atoms with Gasteiger partial charge in [-0.1, -0.05) is 0 Å². The van der Waals surface area contributed by atoms with Crippen LogP contribution < -0.4 is 69.5 Å². The van der Waals surface area contributed by atoms with Crippen LogP contribution in [0.3, 0.4) is 0 Å². The van der Waals surface area contributed by atoms with Gasteiger partial charge < -0.3 is 49.3 Å². The number of hydrogen-bond acceptors (Lipinski definition) is 13. The van der Waals surface area contributed by atoms with Crippen molar-refractivity contribution >= 4 is 22.3 Å². The zero-order valence-electron chi connectivity index (χ0n) is 17.1. The number of aliphatic hydroxyl groups excluding tert-OH is 3. The predicted molar refractivity (Wildman–Crippen MR) is 84.2 cm³/mol. The van der Waals surface area contributed by atoms with Crippen molar-refractivity contribution in [3.63, 3.8) is 0 Å². The first-order valence-electron chi connectivity index (χ1n) is 8.44. The maximum Gasteiger partial charge on any atom is 1.00 e. The van der Waals surface area contributed by atoms with Gasteiger partial charge in [0.2, 0.25) is 16.3 Å². The Morgan fingerprint density at radius 1 is 1.19 bits per heavy atom. The van der Waals surface area contributed by atoms with Gasteiger partial charge in [-0.25, -0.2) is 8.42 Å². The van der Waals surface area contributed by atoms with Crippen LogP contribution in [-0.4, -0.2) is 102 Å². The molecule has 8 atom stereocenters. The summed E-state index contributed by atoms with van der Waals surface area (Å²) >= 11 is 0. The standard InChI is InChI=1S/C14H23NO13S.2Na/c1-5(16)15-9-7(17)2-6(3-26-29(22,23)24)27-14(9)28-11-10(19)8(18)4-25-12(11)13(20)21;;/h6-12,14,17-19H,2-4H2,1H3,(H,15,16)(H,20,21)(H,22,23,24);;/q;2*+1/p-2/t6?,7-,8?,9?,10+,11+,12?,14-;;/m1../s1. The molecule has 0 aromatic carbocycles. The SMILES string of the molecule is CC(=O)NC1[C@@H](O[C@@H]2C(C(=O)[O-])OCC(O)[C@@H]2O)OC(COS(=O)(=O)[O-])C[C@H]1O.[Na+].[Na+]. The van der Waals surface area contributed by atoms with Gasteiger partial charge in [0.05, 0.1) is 31.4 Å². The van der Waals surface area contributed by atoms with E-state index in [1.165, 1.54) is 0 Å². The maximum absolute atomic E-state index is 11.4. The molecule has 0 bridgehead atoms. The molecule has 168 valence electrons. The van der Waals surface area contributed by atoms with Crippen LogP contribution in [0.2, 0.25) is 0 Å². The molecule has 14 nitrogen and oxygen atoms in total. The molecule has 0 aromatic rings. The third-order valence-electron chi connectivity index (χ3n) is 4.31. The van der Waals surface area contributed by atoms with E-state index in [-0.39, 0.29) is 65.5 Å². The smallest absolute Gasteiger partial charge is 0.726 e. The van der Waals surface area contributed by atoms with E-state index < -0.39 is 84.4 Å². The molecule has 31 heavy (non-hydrogen) atoms. The number of amides is 1. The van der Waals surface area contributed by atoms with Crippen molar-refractivity contribution in [2.45, 2.75) is 62.3 Å². The van der Waals surface area contributed by atoms with Gasteiger partial charge in [-0.2, -0.15) is 0 Å². The molecule has 17 heteroatoms. The summed E-state index contributed by atoms with van der Waals surface area (Å²) < 4.78 is 51.7. The van der Waals surface area contributed by atoms with Crippen molar-refractivity contribution in [3.8, 4) is 0 Å². The average Bonchev–Trinajstić information content (AvgIpc) is 2.59. The van der Waals surface area contributed by atoms with Crippen LogP contribution in [0.15, 0.2) is 0 Å². The van der Waals surface area contributed by atoms with Gasteiger partial charge in [-0.15, -0.1) is 0 Å². The molecule has 4 N–H and O–H groups in total. The van der Waals surface area contributed by atoms with E-state index in [9.17, 15) is 43.0 Å². The zero-order chi connectivity index (χ0) is 21.9. The van der Waals surface area contributed by atoms with Crippen LogP contribution in [0.25, 0.3) is 0 Å². The molecule has 2 rings (SSSR count). The van der Waals surface area contributed by atoms with Gasteiger partial charge in [0, 0.05) is 13.3 Å². The summed E-state index contributed by atoms with van der Waals surface area (Å²) in [6.45, 7) is -0.179.